The maximum atomic E-state index is 11.2. The van der Waals surface area contributed by atoms with Crippen molar-refractivity contribution in [3.63, 3.8) is 0 Å². The lowest BCUT2D eigenvalue weighted by molar-refractivity contribution is 0.0716. The van der Waals surface area contributed by atoms with Crippen molar-refractivity contribution >= 4 is 943 Å². The number of fused-ring (bicyclic) bond motifs is 5. The normalized spacial score (nSPS) is 10.3. The van der Waals surface area contributed by atoms with Crippen LogP contribution in [0.2, 0.25) is 0 Å². The number of rotatable bonds is 1. The van der Waals surface area contributed by atoms with Crippen LogP contribution in [0.1, 0.15) is 72.9 Å². The fraction of sp³-hybridized carbons (Fsp3) is 0.471. The molecule has 107 heteroatoms. The summed E-state index contributed by atoms with van der Waals surface area (Å²) in [6.07, 6.45) is 3.48. The SMILES string of the molecule is CC(C)(C)C#Cc1cc2c(cc1C=O)C1CCC2O1.S=S=S=S=S=S=S=S=S=S=S=S=S=S=S=S=S=S=S=S=S=S=S=S=S=S=S=S=S=S=S=S=S=S=S=S=S=S=S=S=S=S=S=S=S=S=S=S=S=S=S=S=S=S=S=S=S=S=S=S=S=S=S=S=S=S=S=S=S=S=S=S=S=S=S=S=S=S=S=S=S=S=S=S=S=S=S=S=S=S=S=S=S=S=S=S=S=S=S=S=S=S=S=S=S. The van der Waals surface area contributed by atoms with Crippen LogP contribution in [-0.4, -0.2) is 6.29 Å². The van der Waals surface area contributed by atoms with E-state index in [9.17, 15) is 4.79 Å². The van der Waals surface area contributed by atoms with Crippen molar-refractivity contribution in [1.29, 1.82) is 0 Å². The Morgan fingerprint density at radius 1 is 0.226 bits per heavy atom. The van der Waals surface area contributed by atoms with Gasteiger partial charge >= 0.3 is 0 Å². The molecule has 2 heterocycles. The Kier molecular flexibility index (Phi) is 139. The van der Waals surface area contributed by atoms with Crippen molar-refractivity contribution in [2.24, 2.45) is 5.41 Å². The van der Waals surface area contributed by atoms with Gasteiger partial charge in [0.15, 0.2) is 6.29 Å². The van der Waals surface area contributed by atoms with Gasteiger partial charge in [-0.15, -0.1) is 0 Å². The highest BCUT2D eigenvalue weighted by Gasteiger charge is 2.38. The van der Waals surface area contributed by atoms with Gasteiger partial charge < -0.3 is 4.74 Å². The topological polar surface area (TPSA) is 26.3 Å². The molecule has 0 saturated carbocycles. The lowest BCUT2D eigenvalue weighted by Crippen LogP contribution is -2.03. The number of benzene rings is 1. The van der Waals surface area contributed by atoms with Crippen LogP contribution in [0.4, 0.5) is 0 Å². The molecule has 0 N–H and O–H groups in total. The zero-order valence-corrected chi connectivity index (χ0v) is 140. The van der Waals surface area contributed by atoms with Gasteiger partial charge in [0.1, 0.15) is 0 Å². The molecule has 0 radical (unpaired) electrons. The largest absolute Gasteiger partial charge is 0.366 e. The zero-order chi connectivity index (χ0) is 88.5. The molecule has 1 aromatic carbocycles. The van der Waals surface area contributed by atoms with Crippen LogP contribution in [0.3, 0.4) is 0 Å². The lowest BCUT2D eigenvalue weighted by atomic mass is 9.88. The molecule has 2 bridgehead atoms. The summed E-state index contributed by atoms with van der Waals surface area (Å²) < 4.78 is 5.88. The molecule has 0 amide bonds. The van der Waals surface area contributed by atoms with E-state index < -0.39 is 0 Å². The van der Waals surface area contributed by atoms with Gasteiger partial charge in [-0.3, -0.25) is 4.79 Å². The number of ether oxygens (including phenoxy) is 1. The second-order valence-corrected chi connectivity index (χ2v) is 196. The van der Waals surface area contributed by atoms with Crippen molar-refractivity contribution in [3.8, 4) is 11.8 Å². The maximum Gasteiger partial charge on any atom is 0.151 e. The van der Waals surface area contributed by atoms with Gasteiger partial charge in [0.05, 0.1) is 12.2 Å². The van der Waals surface area contributed by atoms with Crippen LogP contribution in [0.5, 0.6) is 0 Å². The van der Waals surface area contributed by atoms with Crippen molar-refractivity contribution in [2.45, 2.75) is 45.8 Å². The molecule has 0 aromatic heterocycles. The fourth-order valence-corrected chi connectivity index (χ4v) is 281. The standard InChI is InChI=1S/C17H18O2.S105/c1-17(2,3)7-6-11-8-13-14(9-12(11)10-18)16-5-4-15(13)19-16;1-3-5-7-9-11-13-15-17-19-21-23-25-27-29-31-33-35-37-39-41-43-45-47-49-51-53-55-57-59-61-63-65-67-69-71-73-75-77-79-81-83-85-87-89-91-93-95-97-99-101-103-105-104-102-100-98-96-94-92-90-88-86-84-82-80-78-76-74-72-70-68-66-64-62-60-58-56-54-52-50-48-46-44-42-40-38-36-34-32-30-28-26-24-22-20-18-16-14-12-10-8-6-4-2/h8-10,15-16H,4-5H2,1-3H3;. The molecule has 3 rings (SSSR count). The van der Waals surface area contributed by atoms with Gasteiger partial charge in [0.25, 0.3) is 0 Å². The Balaban J connectivity index is 0.00000236. The Hall–Kier alpha value is 21.5. The highest BCUT2D eigenvalue weighted by atomic mass is 33.6. The van der Waals surface area contributed by atoms with Crippen molar-refractivity contribution < 1.29 is 9.53 Å². The summed E-state index contributed by atoms with van der Waals surface area (Å²) in [5.41, 5.74) is 3.89. The van der Waals surface area contributed by atoms with Crippen molar-refractivity contribution in [3.05, 3.63) is 34.4 Å². The molecule has 2 nitrogen and oxygen atoms in total. The summed E-state index contributed by atoms with van der Waals surface area (Å²) in [4.78, 5) is 11.2. The van der Waals surface area contributed by atoms with Crippen LogP contribution >= 0.6 is 0 Å². The van der Waals surface area contributed by atoms with E-state index >= 15 is 0 Å². The minimum absolute atomic E-state index is 0.0608. The van der Waals surface area contributed by atoms with E-state index in [4.69, 9.17) is 27.1 Å². The van der Waals surface area contributed by atoms with E-state index in [1.54, 1.807) is 107 Å². The molecule has 728 valence electrons. The van der Waals surface area contributed by atoms with Crippen LogP contribution in [0.25, 0.3) is 0 Å². The molecule has 2 atom stereocenters. The van der Waals surface area contributed by atoms with E-state index in [0.29, 0.717) is 5.56 Å². The smallest absolute Gasteiger partial charge is 0.151 e. The molecule has 1 aromatic rings. The van der Waals surface area contributed by atoms with Crippen molar-refractivity contribution in [1.82, 2.24) is 0 Å². The van der Waals surface area contributed by atoms with Crippen LogP contribution in [-0.2, 0) is 942 Å². The summed E-state index contributed by atoms with van der Waals surface area (Å²) in [5, 5.41) is 0. The molecule has 1 saturated heterocycles. The second kappa shape index (κ2) is 122. The van der Waals surface area contributed by atoms with Gasteiger partial charge in [0, 0.05) is 954 Å². The number of carbonyl (C=O) groups is 1. The molecule has 1 fully saturated rings. The third-order valence-electron chi connectivity index (χ3n) is 6.50. The van der Waals surface area contributed by atoms with E-state index in [-0.39, 0.29) is 17.6 Å². The summed E-state index contributed by atoms with van der Waals surface area (Å²) in [6, 6.07) is 4.03. The Bertz CT molecular complexity index is 9120. The van der Waals surface area contributed by atoms with Crippen LogP contribution in [0.15, 0.2) is 12.1 Å². The fourth-order valence-electron chi connectivity index (χ4n) is 3.91. The van der Waals surface area contributed by atoms with E-state index in [1.807, 2.05) is 796 Å². The van der Waals surface area contributed by atoms with E-state index in [0.717, 1.165) is 24.7 Å². The lowest BCUT2D eigenvalue weighted by Gasteiger charge is -2.13. The van der Waals surface area contributed by atoms with Crippen LogP contribution in [0, 0.1) is 17.3 Å². The highest BCUT2D eigenvalue weighted by Crippen LogP contribution is 2.51. The number of hydrogen-bond donors (Lipinski definition) is 0. The maximum absolute atomic E-state index is 11.2. The van der Waals surface area contributed by atoms with Gasteiger partial charge in [-0.25, -0.2) is 0 Å². The Morgan fingerprint density at radius 3 is 0.460 bits per heavy atom. The minimum Gasteiger partial charge on any atom is -0.366 e. The molecule has 2 aliphatic rings. The number of hydrogen-bond acceptors (Lipinski definition) is 4. The van der Waals surface area contributed by atoms with E-state index in [2.05, 4.69) is 38.7 Å². The first-order valence-corrected chi connectivity index (χ1v) is 163. The Morgan fingerprint density at radius 2 is 0.347 bits per heavy atom. The van der Waals surface area contributed by atoms with Crippen molar-refractivity contribution in [2.75, 3.05) is 0 Å². The predicted molar refractivity (Wildman–Crippen MR) is 847 cm³/mol. The number of aldehydes is 1. The summed E-state index contributed by atoms with van der Waals surface area (Å²) in [6.45, 7) is 6.21. The monoisotopic (exact) mass is 3610 g/mol. The Labute approximate surface area is 1020 Å². The predicted octanol–water partition coefficient (Wildman–Crippen LogP) is 3.55. The van der Waals surface area contributed by atoms with Gasteiger partial charge in [0.2, 0.25) is 0 Å². The van der Waals surface area contributed by atoms with Gasteiger partial charge in [-0.1, -0.05) is 11.8 Å². The molecule has 0 aliphatic carbocycles. The average molecular weight is 3620 g/mol. The zero-order valence-electron chi connectivity index (χ0n) is 54.5. The van der Waals surface area contributed by atoms with Crippen LogP contribution < -0.4 is 0 Å². The highest BCUT2D eigenvalue weighted by molar-refractivity contribution is 8.88. The molecule has 124 heavy (non-hydrogen) atoms. The summed E-state index contributed by atoms with van der Waals surface area (Å²) in [5.74, 6) is 6.35. The second-order valence-electron chi connectivity index (χ2n) is 13.4. The first-order chi connectivity index (χ1) is 61.4. The van der Waals surface area contributed by atoms with Gasteiger partial charge in [-0.2, -0.15) is 0 Å². The van der Waals surface area contributed by atoms with E-state index in [1.165, 1.54) is 28.9 Å². The number of carbonyl (C=O) groups excluding carboxylic acids is 1. The average Bonchev–Trinajstić information content (AvgIpc) is 1.61. The molecule has 0 spiro atoms. The summed E-state index contributed by atoms with van der Waals surface area (Å²) in [7, 11) is 187. The minimum atomic E-state index is -0.0608. The molecular weight excluding hydrogens is 3600 g/mol. The first-order valence-electron chi connectivity index (χ1n) is 24.1. The summed E-state index contributed by atoms with van der Waals surface area (Å²) >= 11 is 9.66. The first kappa shape index (κ1) is 142. The molecular formula is C17H18O2S105. The third-order valence-corrected chi connectivity index (χ3v) is 233. The quantitative estimate of drug-likeness (QED) is 0.318. The molecule has 2 aliphatic heterocycles. The van der Waals surface area contributed by atoms with Gasteiger partial charge in [-0.05, 0) is 56.9 Å². The molecule has 2 unspecified atom stereocenters. The third kappa shape index (κ3) is 108.